The summed E-state index contributed by atoms with van der Waals surface area (Å²) in [4.78, 5) is 0.337. The molecule has 2 rings (SSSR count). The van der Waals surface area contributed by atoms with Gasteiger partial charge in [-0.25, -0.2) is 0 Å². The third kappa shape index (κ3) is 3.41. The Morgan fingerprint density at radius 2 is 1.78 bits per heavy atom. The van der Waals surface area contributed by atoms with Crippen LogP contribution in [0.25, 0.3) is 0 Å². The molecule has 1 aromatic rings. The standard InChI is InChI=1S/C14H18Br2O2/c1-9(2)6-11(15)10-7-13-14(8-12(10)16)18-5-3-4-17-13/h7-9,11H,3-6H2,1-2H3. The number of halogens is 2. The molecule has 1 aromatic carbocycles. The van der Waals surface area contributed by atoms with Gasteiger partial charge in [0.15, 0.2) is 11.5 Å². The monoisotopic (exact) mass is 376 g/mol. The van der Waals surface area contributed by atoms with Crippen LogP contribution < -0.4 is 9.47 Å². The van der Waals surface area contributed by atoms with Gasteiger partial charge in [-0.05, 0) is 30.0 Å². The lowest BCUT2D eigenvalue weighted by Gasteiger charge is -2.17. The van der Waals surface area contributed by atoms with Crippen LogP contribution in [0.1, 0.15) is 37.1 Å². The summed E-state index contributed by atoms with van der Waals surface area (Å²) >= 11 is 7.38. The molecule has 18 heavy (non-hydrogen) atoms. The molecule has 0 fully saturated rings. The summed E-state index contributed by atoms with van der Waals surface area (Å²) in [6.07, 6.45) is 2.03. The van der Waals surface area contributed by atoms with Crippen LogP contribution in [0, 0.1) is 5.92 Å². The van der Waals surface area contributed by atoms with Crippen molar-refractivity contribution in [1.29, 1.82) is 0 Å². The number of alkyl halides is 1. The Hall–Kier alpha value is -0.220. The average molecular weight is 378 g/mol. The number of benzene rings is 1. The fraction of sp³-hybridized carbons (Fsp3) is 0.571. The van der Waals surface area contributed by atoms with Gasteiger partial charge in [0, 0.05) is 15.7 Å². The minimum atomic E-state index is 0.337. The van der Waals surface area contributed by atoms with Crippen molar-refractivity contribution in [2.75, 3.05) is 13.2 Å². The van der Waals surface area contributed by atoms with Crippen molar-refractivity contribution in [2.24, 2.45) is 5.92 Å². The van der Waals surface area contributed by atoms with E-state index in [0.29, 0.717) is 10.7 Å². The molecule has 0 radical (unpaired) electrons. The maximum atomic E-state index is 5.73. The van der Waals surface area contributed by atoms with Crippen LogP contribution in [-0.4, -0.2) is 13.2 Å². The van der Waals surface area contributed by atoms with Gasteiger partial charge in [0.1, 0.15) is 0 Å². The minimum absolute atomic E-state index is 0.337. The van der Waals surface area contributed by atoms with E-state index in [4.69, 9.17) is 9.47 Å². The van der Waals surface area contributed by atoms with Crippen molar-refractivity contribution in [3.8, 4) is 11.5 Å². The quantitative estimate of drug-likeness (QED) is 0.682. The van der Waals surface area contributed by atoms with Gasteiger partial charge in [-0.2, -0.15) is 0 Å². The van der Waals surface area contributed by atoms with E-state index in [2.05, 4.69) is 51.8 Å². The Morgan fingerprint density at radius 3 is 2.39 bits per heavy atom. The molecule has 1 unspecified atom stereocenters. The molecule has 0 bridgehead atoms. The van der Waals surface area contributed by atoms with Gasteiger partial charge in [-0.1, -0.05) is 45.7 Å². The molecule has 0 saturated heterocycles. The fourth-order valence-electron chi connectivity index (χ4n) is 1.98. The van der Waals surface area contributed by atoms with E-state index < -0.39 is 0 Å². The summed E-state index contributed by atoms with van der Waals surface area (Å²) in [5.74, 6) is 2.35. The van der Waals surface area contributed by atoms with Crippen molar-refractivity contribution >= 4 is 31.9 Å². The molecule has 0 saturated carbocycles. The van der Waals surface area contributed by atoms with E-state index in [9.17, 15) is 0 Å². The largest absolute Gasteiger partial charge is 0.490 e. The summed E-state index contributed by atoms with van der Waals surface area (Å²) in [7, 11) is 0. The maximum absolute atomic E-state index is 5.73. The number of hydrogen-bond acceptors (Lipinski definition) is 2. The first kappa shape index (κ1) is 14.2. The van der Waals surface area contributed by atoms with Gasteiger partial charge in [0.05, 0.1) is 13.2 Å². The third-order valence-corrected chi connectivity index (χ3v) is 4.44. The summed E-state index contributed by atoms with van der Waals surface area (Å²) in [5.41, 5.74) is 1.23. The van der Waals surface area contributed by atoms with E-state index in [1.54, 1.807) is 0 Å². The molecule has 1 heterocycles. The molecule has 1 atom stereocenters. The van der Waals surface area contributed by atoms with Crippen molar-refractivity contribution < 1.29 is 9.47 Å². The van der Waals surface area contributed by atoms with Crippen LogP contribution in [0.2, 0.25) is 0 Å². The Balaban J connectivity index is 2.28. The zero-order valence-electron chi connectivity index (χ0n) is 10.7. The molecule has 0 spiro atoms. The van der Waals surface area contributed by atoms with Gasteiger partial charge in [0.2, 0.25) is 0 Å². The molecule has 0 aliphatic carbocycles. The lowest BCUT2D eigenvalue weighted by Crippen LogP contribution is -1.99. The van der Waals surface area contributed by atoms with Gasteiger partial charge >= 0.3 is 0 Å². The van der Waals surface area contributed by atoms with Crippen molar-refractivity contribution in [3.63, 3.8) is 0 Å². The number of rotatable bonds is 3. The van der Waals surface area contributed by atoms with E-state index in [0.717, 1.165) is 42.0 Å². The topological polar surface area (TPSA) is 18.5 Å². The van der Waals surface area contributed by atoms with Gasteiger partial charge in [0.25, 0.3) is 0 Å². The van der Waals surface area contributed by atoms with Crippen LogP contribution in [0.5, 0.6) is 11.5 Å². The molecule has 4 heteroatoms. The van der Waals surface area contributed by atoms with Crippen LogP contribution in [0.15, 0.2) is 16.6 Å². The smallest absolute Gasteiger partial charge is 0.162 e. The highest BCUT2D eigenvalue weighted by atomic mass is 79.9. The van der Waals surface area contributed by atoms with Crippen LogP contribution >= 0.6 is 31.9 Å². The second kappa shape index (κ2) is 6.29. The highest BCUT2D eigenvalue weighted by molar-refractivity contribution is 9.11. The number of ether oxygens (including phenoxy) is 2. The normalized spacial score (nSPS) is 16.5. The summed E-state index contributed by atoms with van der Waals surface area (Å²) in [6, 6.07) is 4.11. The molecule has 2 nitrogen and oxygen atoms in total. The van der Waals surface area contributed by atoms with E-state index >= 15 is 0 Å². The molecule has 100 valence electrons. The molecule has 0 aromatic heterocycles. The Labute approximate surface area is 125 Å². The maximum Gasteiger partial charge on any atom is 0.162 e. The Kier molecular flexibility index (Phi) is 4.96. The highest BCUT2D eigenvalue weighted by Crippen LogP contribution is 2.41. The molecule has 0 amide bonds. The van der Waals surface area contributed by atoms with E-state index in [1.807, 2.05) is 6.07 Å². The van der Waals surface area contributed by atoms with E-state index in [-0.39, 0.29) is 0 Å². The summed E-state index contributed by atoms with van der Waals surface area (Å²) in [6.45, 7) is 5.91. The lowest BCUT2D eigenvalue weighted by molar-refractivity contribution is 0.297. The molecular weight excluding hydrogens is 360 g/mol. The average Bonchev–Trinajstić information content (AvgIpc) is 2.51. The molecule has 1 aliphatic rings. The summed E-state index contributed by atoms with van der Waals surface area (Å²) in [5, 5.41) is 0. The SMILES string of the molecule is CC(C)CC(Br)c1cc2c(cc1Br)OCCCO2. The second-order valence-corrected chi connectivity index (χ2v) is 6.93. The van der Waals surface area contributed by atoms with Crippen LogP contribution in [0.3, 0.4) is 0 Å². The van der Waals surface area contributed by atoms with Gasteiger partial charge in [-0.3, -0.25) is 0 Å². The van der Waals surface area contributed by atoms with Crippen LogP contribution in [-0.2, 0) is 0 Å². The fourth-order valence-corrected chi connectivity index (χ4v) is 4.01. The molecule has 0 N–H and O–H groups in total. The first-order valence-corrected chi connectivity index (χ1v) is 8.02. The van der Waals surface area contributed by atoms with Gasteiger partial charge in [-0.15, -0.1) is 0 Å². The Bertz CT molecular complexity index is 419. The van der Waals surface area contributed by atoms with Crippen molar-refractivity contribution in [1.82, 2.24) is 0 Å². The lowest BCUT2D eigenvalue weighted by atomic mass is 10.0. The second-order valence-electron chi connectivity index (χ2n) is 4.97. The van der Waals surface area contributed by atoms with E-state index in [1.165, 1.54) is 5.56 Å². The third-order valence-electron chi connectivity index (χ3n) is 2.88. The zero-order chi connectivity index (χ0) is 13.1. The Morgan fingerprint density at radius 1 is 1.17 bits per heavy atom. The number of fused-ring (bicyclic) bond motifs is 1. The number of hydrogen-bond donors (Lipinski definition) is 0. The minimum Gasteiger partial charge on any atom is -0.490 e. The van der Waals surface area contributed by atoms with Crippen LogP contribution in [0.4, 0.5) is 0 Å². The molecule has 1 aliphatic heterocycles. The first-order valence-electron chi connectivity index (χ1n) is 6.31. The predicted molar refractivity (Wildman–Crippen MR) is 80.9 cm³/mol. The first-order chi connectivity index (χ1) is 8.58. The highest BCUT2D eigenvalue weighted by Gasteiger charge is 2.18. The molecular formula is C14H18Br2O2. The predicted octanol–water partition coefficient (Wildman–Crippen LogP) is 5.09. The zero-order valence-corrected chi connectivity index (χ0v) is 13.9. The van der Waals surface area contributed by atoms with Crippen molar-refractivity contribution in [3.05, 3.63) is 22.2 Å². The van der Waals surface area contributed by atoms with Crippen molar-refractivity contribution in [2.45, 2.75) is 31.5 Å². The van der Waals surface area contributed by atoms with Gasteiger partial charge < -0.3 is 9.47 Å². The summed E-state index contributed by atoms with van der Waals surface area (Å²) < 4.78 is 12.5.